The molecule has 1 fully saturated rings. The van der Waals surface area contributed by atoms with Gasteiger partial charge in [0.25, 0.3) is 5.69 Å². The molecule has 0 amide bonds. The SMILES string of the molecule is Cc1cc(CN(Cc2ccccc2[N+](=O)[O-])C2CC2)no1. The summed E-state index contributed by atoms with van der Waals surface area (Å²) in [6.45, 7) is 3.09. The van der Waals surface area contributed by atoms with Gasteiger partial charge >= 0.3 is 0 Å². The van der Waals surface area contributed by atoms with Gasteiger partial charge in [-0.15, -0.1) is 0 Å². The Balaban J connectivity index is 1.78. The number of rotatable bonds is 6. The average Bonchev–Trinajstić information content (AvgIpc) is 3.22. The molecule has 0 spiro atoms. The quantitative estimate of drug-likeness (QED) is 0.603. The van der Waals surface area contributed by atoms with Crippen LogP contribution < -0.4 is 0 Å². The predicted octanol–water partition coefficient (Wildman–Crippen LogP) is 3.06. The fourth-order valence-electron chi connectivity index (χ4n) is 2.50. The van der Waals surface area contributed by atoms with E-state index in [0.717, 1.165) is 29.9 Å². The van der Waals surface area contributed by atoms with Crippen LogP contribution in [-0.2, 0) is 13.1 Å². The number of benzene rings is 1. The zero-order chi connectivity index (χ0) is 14.8. The second-order valence-corrected chi connectivity index (χ2v) is 5.45. The normalized spacial score (nSPS) is 14.6. The molecule has 0 saturated heterocycles. The van der Waals surface area contributed by atoms with Gasteiger partial charge in [-0.3, -0.25) is 15.0 Å². The number of hydrogen-bond acceptors (Lipinski definition) is 5. The first kappa shape index (κ1) is 13.8. The van der Waals surface area contributed by atoms with Crippen molar-refractivity contribution in [2.75, 3.05) is 0 Å². The lowest BCUT2D eigenvalue weighted by Crippen LogP contribution is -2.25. The van der Waals surface area contributed by atoms with Crippen LogP contribution in [0.4, 0.5) is 5.69 Å². The van der Waals surface area contributed by atoms with Crippen LogP contribution >= 0.6 is 0 Å². The maximum absolute atomic E-state index is 11.1. The van der Waals surface area contributed by atoms with Crippen LogP contribution in [0.3, 0.4) is 0 Å². The van der Waals surface area contributed by atoms with Crippen LogP contribution in [0.15, 0.2) is 34.9 Å². The molecule has 2 aromatic rings. The molecule has 0 unspecified atom stereocenters. The molecule has 0 radical (unpaired) electrons. The maximum Gasteiger partial charge on any atom is 0.273 e. The van der Waals surface area contributed by atoms with Crippen molar-refractivity contribution in [3.05, 3.63) is 57.5 Å². The summed E-state index contributed by atoms with van der Waals surface area (Å²) in [5.74, 6) is 0.784. The lowest BCUT2D eigenvalue weighted by atomic mass is 10.1. The number of aromatic nitrogens is 1. The third-order valence-corrected chi connectivity index (χ3v) is 3.67. The Labute approximate surface area is 122 Å². The van der Waals surface area contributed by atoms with Crippen molar-refractivity contribution in [3.8, 4) is 0 Å². The molecule has 1 aliphatic carbocycles. The summed E-state index contributed by atoms with van der Waals surface area (Å²) in [5, 5.41) is 15.1. The minimum atomic E-state index is -0.319. The van der Waals surface area contributed by atoms with Gasteiger partial charge in [0, 0.05) is 36.8 Å². The van der Waals surface area contributed by atoms with Gasteiger partial charge in [0.05, 0.1) is 10.6 Å². The summed E-state index contributed by atoms with van der Waals surface area (Å²) in [5.41, 5.74) is 1.80. The van der Waals surface area contributed by atoms with Crippen molar-refractivity contribution in [2.45, 2.75) is 38.9 Å². The molecule has 0 N–H and O–H groups in total. The molecule has 6 heteroatoms. The van der Waals surface area contributed by atoms with E-state index in [2.05, 4.69) is 10.1 Å². The summed E-state index contributed by atoms with van der Waals surface area (Å²) >= 11 is 0. The second-order valence-electron chi connectivity index (χ2n) is 5.45. The van der Waals surface area contributed by atoms with E-state index in [1.165, 1.54) is 0 Å². The number of nitrogens with zero attached hydrogens (tertiary/aromatic N) is 3. The van der Waals surface area contributed by atoms with E-state index in [4.69, 9.17) is 4.52 Å². The second kappa shape index (κ2) is 5.65. The molecule has 1 aromatic heterocycles. The minimum absolute atomic E-state index is 0.180. The Hall–Kier alpha value is -2.21. The van der Waals surface area contributed by atoms with Gasteiger partial charge in [-0.1, -0.05) is 23.4 Å². The first-order chi connectivity index (χ1) is 10.1. The number of nitro benzene ring substituents is 1. The predicted molar refractivity (Wildman–Crippen MR) is 76.6 cm³/mol. The molecule has 3 rings (SSSR count). The van der Waals surface area contributed by atoms with Crippen LogP contribution in [0, 0.1) is 17.0 Å². The number of hydrogen-bond donors (Lipinski definition) is 0. The largest absolute Gasteiger partial charge is 0.361 e. The molecule has 6 nitrogen and oxygen atoms in total. The zero-order valence-electron chi connectivity index (χ0n) is 11.9. The van der Waals surface area contributed by atoms with E-state index in [0.29, 0.717) is 19.1 Å². The standard InChI is InChI=1S/C15H17N3O3/c1-11-8-13(16-21-11)10-17(14-6-7-14)9-12-4-2-3-5-15(12)18(19)20/h2-5,8,14H,6-7,9-10H2,1H3. The first-order valence-corrected chi connectivity index (χ1v) is 7.02. The average molecular weight is 287 g/mol. The van der Waals surface area contributed by atoms with Crippen molar-refractivity contribution in [1.29, 1.82) is 0 Å². The smallest absolute Gasteiger partial charge is 0.273 e. The monoisotopic (exact) mass is 287 g/mol. The molecule has 1 aliphatic rings. The van der Waals surface area contributed by atoms with Crippen LogP contribution in [0.1, 0.15) is 29.9 Å². The van der Waals surface area contributed by atoms with Gasteiger partial charge in [-0.2, -0.15) is 0 Å². The van der Waals surface area contributed by atoms with E-state index in [1.54, 1.807) is 12.1 Å². The molecule has 0 aliphatic heterocycles. The van der Waals surface area contributed by atoms with E-state index in [-0.39, 0.29) is 10.6 Å². The van der Waals surface area contributed by atoms with Crippen molar-refractivity contribution in [2.24, 2.45) is 0 Å². The van der Waals surface area contributed by atoms with E-state index < -0.39 is 0 Å². The van der Waals surface area contributed by atoms with Crippen molar-refractivity contribution in [1.82, 2.24) is 10.1 Å². The highest BCUT2D eigenvalue weighted by molar-refractivity contribution is 5.39. The van der Waals surface area contributed by atoms with E-state index in [9.17, 15) is 10.1 Å². The highest BCUT2D eigenvalue weighted by Crippen LogP contribution is 2.31. The minimum Gasteiger partial charge on any atom is -0.361 e. The molecule has 1 heterocycles. The number of nitro groups is 1. The van der Waals surface area contributed by atoms with E-state index in [1.807, 2.05) is 25.1 Å². The maximum atomic E-state index is 11.1. The highest BCUT2D eigenvalue weighted by Gasteiger charge is 2.31. The van der Waals surface area contributed by atoms with Crippen molar-refractivity contribution < 1.29 is 9.45 Å². The van der Waals surface area contributed by atoms with Crippen LogP contribution in [-0.4, -0.2) is 21.0 Å². The summed E-state index contributed by atoms with van der Waals surface area (Å²) < 4.78 is 5.09. The Morgan fingerprint density at radius 1 is 1.38 bits per heavy atom. The molecule has 1 aromatic carbocycles. The Kier molecular flexibility index (Phi) is 3.70. The van der Waals surface area contributed by atoms with Crippen molar-refractivity contribution >= 4 is 5.69 Å². The van der Waals surface area contributed by atoms with Gasteiger partial charge < -0.3 is 4.52 Å². The van der Waals surface area contributed by atoms with Gasteiger partial charge in [-0.25, -0.2) is 0 Å². The molecule has 21 heavy (non-hydrogen) atoms. The Morgan fingerprint density at radius 3 is 2.76 bits per heavy atom. The molecule has 1 saturated carbocycles. The molecular formula is C15H17N3O3. The van der Waals surface area contributed by atoms with Crippen LogP contribution in [0.25, 0.3) is 0 Å². The van der Waals surface area contributed by atoms with Crippen molar-refractivity contribution in [3.63, 3.8) is 0 Å². The number of para-hydroxylation sites is 1. The highest BCUT2D eigenvalue weighted by atomic mass is 16.6. The van der Waals surface area contributed by atoms with Gasteiger partial charge in [-0.05, 0) is 19.8 Å². The van der Waals surface area contributed by atoms with Gasteiger partial charge in [0.15, 0.2) is 0 Å². The summed E-state index contributed by atoms with van der Waals surface area (Å²) in [4.78, 5) is 13.0. The zero-order valence-corrected chi connectivity index (χ0v) is 11.9. The topological polar surface area (TPSA) is 72.4 Å². The van der Waals surface area contributed by atoms with Gasteiger partial charge in [0.1, 0.15) is 5.76 Å². The third kappa shape index (κ3) is 3.28. The molecule has 110 valence electrons. The fourth-order valence-corrected chi connectivity index (χ4v) is 2.50. The van der Waals surface area contributed by atoms with Crippen LogP contribution in [0.5, 0.6) is 0 Å². The summed E-state index contributed by atoms with van der Waals surface area (Å²) in [6, 6.07) is 9.32. The summed E-state index contributed by atoms with van der Waals surface area (Å²) in [6.07, 6.45) is 2.27. The van der Waals surface area contributed by atoms with Crippen LogP contribution in [0.2, 0.25) is 0 Å². The summed E-state index contributed by atoms with van der Waals surface area (Å²) in [7, 11) is 0. The molecular weight excluding hydrogens is 270 g/mol. The first-order valence-electron chi connectivity index (χ1n) is 7.02. The van der Waals surface area contributed by atoms with E-state index >= 15 is 0 Å². The Bertz CT molecular complexity index is 649. The fraction of sp³-hybridized carbons (Fsp3) is 0.400. The lowest BCUT2D eigenvalue weighted by molar-refractivity contribution is -0.385. The molecule has 0 bridgehead atoms. The molecule has 0 atom stereocenters. The number of aryl methyl sites for hydroxylation is 1. The Morgan fingerprint density at radius 2 is 2.14 bits per heavy atom. The lowest BCUT2D eigenvalue weighted by Gasteiger charge is -2.20. The third-order valence-electron chi connectivity index (χ3n) is 3.67. The van der Waals surface area contributed by atoms with Gasteiger partial charge in [0.2, 0.25) is 0 Å².